The smallest absolute Gasteiger partial charge is 0.147 e. The third-order valence-corrected chi connectivity index (χ3v) is 10.6. The zero-order chi connectivity index (χ0) is 38.3. The average molecular weight is 915 g/mol. The van der Waals surface area contributed by atoms with Crippen molar-refractivity contribution in [3.63, 3.8) is 0 Å². The number of hydrogen-bond acceptors (Lipinski definition) is 5. The van der Waals surface area contributed by atoms with Crippen LogP contribution in [0.1, 0.15) is 27.9 Å². The van der Waals surface area contributed by atoms with Crippen LogP contribution >= 0.6 is 0 Å². The van der Waals surface area contributed by atoms with E-state index in [0.717, 1.165) is 88.8 Å². The maximum absolute atomic E-state index is 6.59. The number of pyridine rings is 4. The monoisotopic (exact) mass is 915 g/mol. The van der Waals surface area contributed by atoms with E-state index in [0.29, 0.717) is 0 Å². The van der Waals surface area contributed by atoms with Crippen LogP contribution in [-0.4, -0.2) is 19.9 Å². The molecular weight excluding hydrogens is 877 g/mol. The van der Waals surface area contributed by atoms with Gasteiger partial charge in [0, 0.05) is 59.9 Å². The maximum Gasteiger partial charge on any atom is 0.147 e. The minimum Gasteiger partial charge on any atom is -0.498 e. The zero-order valence-electron chi connectivity index (χ0n) is 32.3. The van der Waals surface area contributed by atoms with E-state index < -0.39 is 0 Å². The molecule has 0 spiro atoms. The molecule has 57 heavy (non-hydrogen) atoms. The first-order valence-corrected chi connectivity index (χ1v) is 18.8. The van der Waals surface area contributed by atoms with Crippen LogP contribution in [0.25, 0.3) is 88.6 Å². The van der Waals surface area contributed by atoms with Crippen LogP contribution in [0.15, 0.2) is 144 Å². The first-order valence-electron chi connectivity index (χ1n) is 18.8. The second-order valence-corrected chi connectivity index (χ2v) is 14.3. The maximum atomic E-state index is 6.59. The molecule has 0 atom stereocenters. The molecule has 0 aliphatic heterocycles. The fraction of sp³-hybridized carbons (Fsp3) is 0.0980. The number of nitrogens with zero attached hydrogens (tertiary/aromatic N) is 4. The van der Waals surface area contributed by atoms with E-state index in [-0.39, 0.29) is 20.1 Å². The molecule has 0 unspecified atom stereocenters. The van der Waals surface area contributed by atoms with Crippen LogP contribution in [0.5, 0.6) is 0 Å². The zero-order valence-corrected chi connectivity index (χ0v) is 34.7. The molecule has 0 fully saturated rings. The Morgan fingerprint density at radius 2 is 1.33 bits per heavy atom. The molecule has 0 amide bonds. The molecule has 0 bridgehead atoms. The normalized spacial score (nSPS) is 11.1. The second kappa shape index (κ2) is 15.7. The summed E-state index contributed by atoms with van der Waals surface area (Å²) in [4.78, 5) is 19.0. The molecule has 0 saturated carbocycles. The summed E-state index contributed by atoms with van der Waals surface area (Å²) in [7, 11) is 0. The van der Waals surface area contributed by atoms with Gasteiger partial charge in [-0.25, -0.2) is 9.97 Å². The SMILES string of the molecule is Cc1ccc2ccc3c4cc[c-]c(-c5cc(-c6ccc7nc(-c8c(C)cccc8C)ccc7c6C)c(C)cn5)c4oc3c2n1.[Ir].[c-]1ccccc1-c1ccccn1. The van der Waals surface area contributed by atoms with Gasteiger partial charge in [0.05, 0.1) is 16.8 Å². The third-order valence-electron chi connectivity index (χ3n) is 10.6. The number of fused-ring (bicyclic) bond motifs is 6. The standard InChI is InChI=1S/C40H30N3O.C11H8N.Ir/c1-22-8-6-9-23(2)37(22)35-19-17-29-26(5)28(16-18-34(29)43-35)33-20-36(41-21-24(33)3)32-11-7-10-30-31-15-14-27-13-12-25(4)42-38(27)40(31)44-39(30)32;1-2-6-10(7-3-1)11-8-4-5-9-12-11;/h6-10,12-21H,1-5H3;1-6,8-9H;/q2*-1;. The van der Waals surface area contributed by atoms with Gasteiger partial charge in [-0.15, -0.1) is 54.1 Å². The Morgan fingerprint density at radius 1 is 0.544 bits per heavy atom. The molecule has 0 aliphatic carbocycles. The Bertz CT molecular complexity index is 3030. The van der Waals surface area contributed by atoms with E-state index in [1.165, 1.54) is 27.8 Å². The minimum absolute atomic E-state index is 0. The first-order chi connectivity index (χ1) is 27.3. The minimum atomic E-state index is 0. The van der Waals surface area contributed by atoms with Gasteiger partial charge in [-0.3, -0.25) is 0 Å². The van der Waals surface area contributed by atoms with E-state index in [2.05, 4.69) is 118 Å². The summed E-state index contributed by atoms with van der Waals surface area (Å²) in [5, 5.41) is 4.29. The number of aryl methyl sites for hydroxylation is 5. The van der Waals surface area contributed by atoms with Crippen molar-refractivity contribution < 1.29 is 24.5 Å². The Morgan fingerprint density at radius 3 is 2.12 bits per heavy atom. The fourth-order valence-electron chi connectivity index (χ4n) is 7.70. The molecule has 10 aromatic rings. The Balaban J connectivity index is 0.000000300. The van der Waals surface area contributed by atoms with Crippen LogP contribution in [0.4, 0.5) is 0 Å². The molecular formula is C51H38IrN4O-2. The van der Waals surface area contributed by atoms with Gasteiger partial charge in [-0.05, 0) is 104 Å². The molecule has 1 radical (unpaired) electrons. The van der Waals surface area contributed by atoms with Gasteiger partial charge >= 0.3 is 0 Å². The summed E-state index contributed by atoms with van der Waals surface area (Å²) in [6.07, 6.45) is 3.74. The predicted molar refractivity (Wildman–Crippen MR) is 229 cm³/mol. The van der Waals surface area contributed by atoms with Gasteiger partial charge in [0.2, 0.25) is 0 Å². The molecule has 0 aliphatic rings. The molecule has 5 aromatic heterocycles. The van der Waals surface area contributed by atoms with Crippen LogP contribution in [0.3, 0.4) is 0 Å². The largest absolute Gasteiger partial charge is 0.498 e. The van der Waals surface area contributed by atoms with E-state index in [1.807, 2.05) is 67.7 Å². The van der Waals surface area contributed by atoms with Crippen molar-refractivity contribution in [1.29, 1.82) is 0 Å². The van der Waals surface area contributed by atoms with E-state index in [9.17, 15) is 0 Å². The Labute approximate surface area is 345 Å². The summed E-state index contributed by atoms with van der Waals surface area (Å²) in [6.45, 7) is 10.6. The summed E-state index contributed by atoms with van der Waals surface area (Å²) < 4.78 is 6.59. The number of benzene rings is 5. The number of rotatable bonds is 4. The number of furan rings is 1. The third kappa shape index (κ3) is 7.03. The summed E-state index contributed by atoms with van der Waals surface area (Å²) in [5.41, 5.74) is 17.4. The molecule has 6 heteroatoms. The van der Waals surface area contributed by atoms with E-state index >= 15 is 0 Å². The molecule has 5 nitrogen and oxygen atoms in total. The Hall–Kier alpha value is -6.33. The molecule has 0 N–H and O–H groups in total. The van der Waals surface area contributed by atoms with Gasteiger partial charge < -0.3 is 14.4 Å². The summed E-state index contributed by atoms with van der Waals surface area (Å²) in [5.74, 6) is 0. The molecule has 5 heterocycles. The molecule has 279 valence electrons. The van der Waals surface area contributed by atoms with Crippen LogP contribution < -0.4 is 0 Å². The Kier molecular flexibility index (Phi) is 10.3. The molecule has 0 saturated heterocycles. The number of hydrogen-bond donors (Lipinski definition) is 0. The van der Waals surface area contributed by atoms with Crippen molar-refractivity contribution in [3.8, 4) is 44.9 Å². The van der Waals surface area contributed by atoms with Crippen molar-refractivity contribution in [1.82, 2.24) is 19.9 Å². The molecule has 5 aromatic carbocycles. The van der Waals surface area contributed by atoms with Crippen LogP contribution in [0.2, 0.25) is 0 Å². The predicted octanol–water partition coefficient (Wildman–Crippen LogP) is 13.0. The van der Waals surface area contributed by atoms with Gasteiger partial charge in [0.1, 0.15) is 11.1 Å². The molecule has 10 rings (SSSR count). The van der Waals surface area contributed by atoms with Gasteiger partial charge in [-0.1, -0.05) is 77.7 Å². The van der Waals surface area contributed by atoms with Gasteiger partial charge in [-0.2, -0.15) is 0 Å². The van der Waals surface area contributed by atoms with E-state index in [1.54, 1.807) is 6.20 Å². The van der Waals surface area contributed by atoms with Crippen molar-refractivity contribution >= 4 is 43.7 Å². The van der Waals surface area contributed by atoms with E-state index in [4.69, 9.17) is 19.4 Å². The fourth-order valence-corrected chi connectivity index (χ4v) is 7.70. The summed E-state index contributed by atoms with van der Waals surface area (Å²) >= 11 is 0. The van der Waals surface area contributed by atoms with Crippen LogP contribution in [0, 0.1) is 46.8 Å². The summed E-state index contributed by atoms with van der Waals surface area (Å²) in [6, 6.07) is 49.9. The second-order valence-electron chi connectivity index (χ2n) is 14.3. The van der Waals surface area contributed by atoms with Crippen molar-refractivity contribution in [2.24, 2.45) is 0 Å². The van der Waals surface area contributed by atoms with Crippen molar-refractivity contribution in [3.05, 3.63) is 180 Å². The van der Waals surface area contributed by atoms with Crippen LogP contribution in [-0.2, 0) is 20.1 Å². The topological polar surface area (TPSA) is 64.7 Å². The quantitative estimate of drug-likeness (QED) is 0.165. The van der Waals surface area contributed by atoms with Gasteiger partial charge in [0.25, 0.3) is 0 Å². The van der Waals surface area contributed by atoms with Crippen molar-refractivity contribution in [2.45, 2.75) is 34.6 Å². The number of aromatic nitrogens is 4. The van der Waals surface area contributed by atoms with Gasteiger partial charge in [0.15, 0.2) is 0 Å². The average Bonchev–Trinajstić information content (AvgIpc) is 3.62. The van der Waals surface area contributed by atoms with Crippen molar-refractivity contribution in [2.75, 3.05) is 0 Å². The first kappa shape index (κ1) is 37.6.